The standard InChI is InChI=1S/C47H42F3NO4/c1-29(2)43(52)54-24-22-46(23-25-55-44(53)30(3)4)40-17-10-8-15-36(40)38-21-19-34(28-42(38)46)51(32-13-11-12-31(26-32)47(48,49)50)33-18-20-37-35-14-7-9-16-39(35)45(5,6)41(37)27-33/h7-21,26-28H,1,3,22-25H2,2,4-6H3. The maximum Gasteiger partial charge on any atom is 0.416 e. The Bertz CT molecular complexity index is 2340. The van der Waals surface area contributed by atoms with Crippen LogP contribution in [0.2, 0.25) is 0 Å². The molecular weight excluding hydrogens is 700 g/mol. The first-order chi connectivity index (χ1) is 26.1. The van der Waals surface area contributed by atoms with E-state index >= 15 is 0 Å². The number of nitrogens with zero attached hydrogens (tertiary/aromatic N) is 1. The number of rotatable bonds is 11. The Morgan fingerprint density at radius 2 is 1.07 bits per heavy atom. The van der Waals surface area contributed by atoms with E-state index in [0.29, 0.717) is 29.9 Å². The van der Waals surface area contributed by atoms with Gasteiger partial charge in [0.05, 0.1) is 18.8 Å². The zero-order valence-electron chi connectivity index (χ0n) is 31.3. The van der Waals surface area contributed by atoms with E-state index in [0.717, 1.165) is 45.0 Å². The second-order valence-electron chi connectivity index (χ2n) is 15.0. The van der Waals surface area contributed by atoms with Crippen molar-refractivity contribution in [2.75, 3.05) is 18.1 Å². The number of halogens is 3. The van der Waals surface area contributed by atoms with Crippen LogP contribution in [0.15, 0.2) is 133 Å². The average molecular weight is 742 g/mol. The van der Waals surface area contributed by atoms with Crippen molar-refractivity contribution in [3.05, 3.63) is 161 Å². The SMILES string of the molecule is C=C(C)C(=O)OCCC1(CCOC(=O)C(=C)C)c2ccccc2-c2ccc(N(c3cccc(C(F)(F)F)c3)c3ccc4c(c3)C(C)(C)c3ccccc3-4)cc21. The lowest BCUT2D eigenvalue weighted by Crippen LogP contribution is -2.30. The molecular formula is C47H42F3NO4. The van der Waals surface area contributed by atoms with Gasteiger partial charge in [-0.25, -0.2) is 9.59 Å². The molecule has 0 saturated carbocycles. The van der Waals surface area contributed by atoms with Gasteiger partial charge in [0.25, 0.3) is 0 Å². The van der Waals surface area contributed by atoms with Gasteiger partial charge in [-0.1, -0.05) is 93.7 Å². The van der Waals surface area contributed by atoms with Crippen molar-refractivity contribution >= 4 is 29.0 Å². The second-order valence-corrected chi connectivity index (χ2v) is 15.0. The molecule has 5 aromatic rings. The van der Waals surface area contributed by atoms with Gasteiger partial charge in [0, 0.05) is 39.0 Å². The van der Waals surface area contributed by atoms with Gasteiger partial charge >= 0.3 is 18.1 Å². The van der Waals surface area contributed by atoms with Crippen molar-refractivity contribution in [2.45, 2.75) is 57.5 Å². The largest absolute Gasteiger partial charge is 0.462 e. The number of anilines is 3. The summed E-state index contributed by atoms with van der Waals surface area (Å²) in [4.78, 5) is 27.0. The van der Waals surface area contributed by atoms with Crippen molar-refractivity contribution in [3.63, 3.8) is 0 Å². The van der Waals surface area contributed by atoms with Crippen molar-refractivity contribution in [3.8, 4) is 22.3 Å². The Balaban J connectivity index is 1.41. The van der Waals surface area contributed by atoms with Gasteiger partial charge in [-0.3, -0.25) is 0 Å². The van der Waals surface area contributed by atoms with Crippen LogP contribution in [0.5, 0.6) is 0 Å². The molecule has 7 rings (SSSR count). The molecule has 0 N–H and O–H groups in total. The molecule has 2 aliphatic rings. The summed E-state index contributed by atoms with van der Waals surface area (Å²) in [5.74, 6) is -1.02. The molecule has 0 saturated heterocycles. The number of hydrogen-bond donors (Lipinski definition) is 0. The lowest BCUT2D eigenvalue weighted by Gasteiger charge is -2.34. The highest BCUT2D eigenvalue weighted by Gasteiger charge is 2.44. The number of ether oxygens (including phenoxy) is 2. The van der Waals surface area contributed by atoms with Gasteiger partial charge in [-0.2, -0.15) is 13.2 Å². The number of alkyl halides is 3. The van der Waals surface area contributed by atoms with Crippen molar-refractivity contribution in [1.29, 1.82) is 0 Å². The quantitative estimate of drug-likeness (QED) is 0.0996. The number of benzene rings is 5. The third-order valence-corrected chi connectivity index (χ3v) is 11.0. The average Bonchev–Trinajstić information content (AvgIpc) is 3.56. The topological polar surface area (TPSA) is 55.8 Å². The molecule has 2 aliphatic carbocycles. The van der Waals surface area contributed by atoms with Crippen LogP contribution in [-0.2, 0) is 36.1 Å². The fraction of sp³-hybridized carbons (Fsp3) is 0.234. The number of carbonyl (C=O) groups is 2. The third-order valence-electron chi connectivity index (χ3n) is 11.0. The van der Waals surface area contributed by atoms with E-state index in [1.54, 1.807) is 19.9 Å². The number of carbonyl (C=O) groups excluding carboxylic acids is 2. The zero-order chi connectivity index (χ0) is 39.3. The van der Waals surface area contributed by atoms with E-state index in [9.17, 15) is 22.8 Å². The first kappa shape index (κ1) is 37.4. The van der Waals surface area contributed by atoms with Crippen LogP contribution in [0.3, 0.4) is 0 Å². The summed E-state index contributed by atoms with van der Waals surface area (Å²) in [6, 6.07) is 33.6. The Morgan fingerprint density at radius 3 is 1.64 bits per heavy atom. The summed E-state index contributed by atoms with van der Waals surface area (Å²) in [5.41, 5.74) is 8.59. The lowest BCUT2D eigenvalue weighted by molar-refractivity contribution is -0.140. The number of fused-ring (bicyclic) bond motifs is 6. The Hall–Kier alpha value is -5.89. The molecule has 0 atom stereocenters. The fourth-order valence-corrected chi connectivity index (χ4v) is 8.23. The van der Waals surface area contributed by atoms with Gasteiger partial charge in [0.2, 0.25) is 0 Å². The van der Waals surface area contributed by atoms with Gasteiger partial charge in [-0.15, -0.1) is 0 Å². The van der Waals surface area contributed by atoms with Gasteiger partial charge in [-0.05, 0) is 114 Å². The molecule has 0 heterocycles. The molecule has 0 amide bonds. The van der Waals surface area contributed by atoms with Crippen LogP contribution < -0.4 is 4.90 Å². The van der Waals surface area contributed by atoms with Crippen LogP contribution in [0.4, 0.5) is 30.2 Å². The minimum atomic E-state index is -4.56. The normalized spacial score (nSPS) is 14.2. The maximum absolute atomic E-state index is 14.3. The molecule has 0 unspecified atom stereocenters. The van der Waals surface area contributed by atoms with E-state index in [2.05, 4.69) is 51.3 Å². The van der Waals surface area contributed by atoms with Gasteiger partial charge in [0.1, 0.15) is 0 Å². The Kier molecular flexibility index (Phi) is 9.58. The van der Waals surface area contributed by atoms with E-state index in [1.165, 1.54) is 17.7 Å². The van der Waals surface area contributed by atoms with Gasteiger partial charge in [0.15, 0.2) is 0 Å². The monoisotopic (exact) mass is 741 g/mol. The minimum Gasteiger partial charge on any atom is -0.462 e. The number of hydrogen-bond acceptors (Lipinski definition) is 5. The summed E-state index contributed by atoms with van der Waals surface area (Å²) in [7, 11) is 0. The second kappa shape index (κ2) is 14.1. The van der Waals surface area contributed by atoms with E-state index in [1.807, 2.05) is 65.6 Å². The maximum atomic E-state index is 14.3. The molecule has 0 bridgehead atoms. The molecule has 0 aliphatic heterocycles. The Labute approximate surface area is 319 Å². The molecule has 55 heavy (non-hydrogen) atoms. The van der Waals surface area contributed by atoms with Crippen LogP contribution in [0.25, 0.3) is 22.3 Å². The smallest absolute Gasteiger partial charge is 0.416 e. The summed E-state index contributed by atoms with van der Waals surface area (Å²) in [6.07, 6.45) is -3.86. The van der Waals surface area contributed by atoms with Crippen LogP contribution in [0.1, 0.15) is 68.4 Å². The van der Waals surface area contributed by atoms with E-state index in [4.69, 9.17) is 9.47 Å². The fourth-order valence-electron chi connectivity index (χ4n) is 8.23. The van der Waals surface area contributed by atoms with E-state index < -0.39 is 29.1 Å². The number of esters is 2. The van der Waals surface area contributed by atoms with Crippen molar-refractivity contribution in [1.82, 2.24) is 0 Å². The summed E-state index contributed by atoms with van der Waals surface area (Å²) < 4.78 is 54.1. The highest BCUT2D eigenvalue weighted by molar-refractivity contribution is 5.89. The predicted octanol–water partition coefficient (Wildman–Crippen LogP) is 11.8. The lowest BCUT2D eigenvalue weighted by atomic mass is 9.73. The minimum absolute atomic E-state index is 0.0515. The molecule has 0 aromatic heterocycles. The molecule has 5 aromatic carbocycles. The molecule has 0 fully saturated rings. The van der Waals surface area contributed by atoms with Crippen LogP contribution in [-0.4, -0.2) is 25.2 Å². The molecule has 0 spiro atoms. The van der Waals surface area contributed by atoms with Gasteiger partial charge < -0.3 is 14.4 Å². The molecule has 0 radical (unpaired) electrons. The zero-order valence-corrected chi connectivity index (χ0v) is 31.3. The predicted molar refractivity (Wildman–Crippen MR) is 211 cm³/mol. The van der Waals surface area contributed by atoms with E-state index in [-0.39, 0.29) is 29.8 Å². The first-order valence-corrected chi connectivity index (χ1v) is 18.2. The first-order valence-electron chi connectivity index (χ1n) is 18.2. The summed E-state index contributed by atoms with van der Waals surface area (Å²) >= 11 is 0. The Morgan fingerprint density at radius 1 is 0.600 bits per heavy atom. The highest BCUT2D eigenvalue weighted by atomic mass is 19.4. The summed E-state index contributed by atoms with van der Waals surface area (Å²) in [5, 5.41) is 0. The van der Waals surface area contributed by atoms with Crippen LogP contribution in [0, 0.1) is 0 Å². The molecule has 8 heteroatoms. The molecule has 280 valence electrons. The third kappa shape index (κ3) is 6.64. The van der Waals surface area contributed by atoms with Crippen molar-refractivity contribution in [2.24, 2.45) is 0 Å². The van der Waals surface area contributed by atoms with Crippen molar-refractivity contribution < 1.29 is 32.2 Å². The van der Waals surface area contributed by atoms with Crippen LogP contribution >= 0.6 is 0 Å². The molecule has 5 nitrogen and oxygen atoms in total. The summed E-state index contributed by atoms with van der Waals surface area (Å²) in [6.45, 7) is 15.0. The highest BCUT2D eigenvalue weighted by Crippen LogP contribution is 2.55.